The zero-order valence-corrected chi connectivity index (χ0v) is 16.5. The lowest BCUT2D eigenvalue weighted by Gasteiger charge is -2.29. The Labute approximate surface area is 165 Å². The van der Waals surface area contributed by atoms with Gasteiger partial charge in [-0.05, 0) is 30.2 Å². The number of hydrogen-bond acceptors (Lipinski definition) is 4. The summed E-state index contributed by atoms with van der Waals surface area (Å²) in [6, 6.07) is 17.2. The fraction of sp³-hybridized carbons (Fsp3) is 0.318. The van der Waals surface area contributed by atoms with Crippen molar-refractivity contribution in [3.05, 3.63) is 65.7 Å². The van der Waals surface area contributed by atoms with Gasteiger partial charge in [-0.25, -0.2) is 5.01 Å². The molecule has 0 saturated carbocycles. The van der Waals surface area contributed by atoms with Crippen LogP contribution in [0.1, 0.15) is 36.9 Å². The molecular formula is C22H25N3O3. The molecule has 2 aromatic rings. The van der Waals surface area contributed by atoms with E-state index in [0.717, 1.165) is 16.9 Å². The molecule has 6 nitrogen and oxygen atoms in total. The monoisotopic (exact) mass is 379 g/mol. The van der Waals surface area contributed by atoms with Crippen LogP contribution in [-0.4, -0.2) is 41.6 Å². The summed E-state index contributed by atoms with van der Waals surface area (Å²) in [5.74, 6) is 0.553. The molecule has 6 heteroatoms. The normalized spacial score (nSPS) is 15.0. The van der Waals surface area contributed by atoms with Gasteiger partial charge in [0.15, 0.2) is 0 Å². The molecule has 1 aliphatic rings. The Hall–Kier alpha value is -3.15. The van der Waals surface area contributed by atoms with E-state index in [-0.39, 0.29) is 17.9 Å². The molecule has 0 bridgehead atoms. The van der Waals surface area contributed by atoms with E-state index in [2.05, 4.69) is 5.10 Å². The zero-order chi connectivity index (χ0) is 20.1. The average Bonchev–Trinajstić information content (AvgIpc) is 2.74. The third kappa shape index (κ3) is 4.39. The van der Waals surface area contributed by atoms with E-state index < -0.39 is 0 Å². The second-order valence-electron chi connectivity index (χ2n) is 6.85. The van der Waals surface area contributed by atoms with E-state index in [4.69, 9.17) is 4.74 Å². The molecule has 0 unspecified atom stereocenters. The molecule has 3 rings (SSSR count). The largest absolute Gasteiger partial charge is 0.497 e. The first-order chi connectivity index (χ1) is 13.5. The van der Waals surface area contributed by atoms with Crippen LogP contribution in [0.25, 0.3) is 0 Å². The second-order valence-corrected chi connectivity index (χ2v) is 6.85. The maximum Gasteiger partial charge on any atom is 0.270 e. The van der Waals surface area contributed by atoms with Crippen LogP contribution >= 0.6 is 0 Å². The fourth-order valence-electron chi connectivity index (χ4n) is 3.12. The number of methoxy groups -OCH3 is 1. The van der Waals surface area contributed by atoms with Gasteiger partial charge in [0.2, 0.25) is 5.91 Å². The number of hydrogen-bond donors (Lipinski definition) is 0. The Bertz CT molecular complexity index is 862. The lowest BCUT2D eigenvalue weighted by Crippen LogP contribution is -2.40. The first-order valence-corrected chi connectivity index (χ1v) is 9.32. The summed E-state index contributed by atoms with van der Waals surface area (Å²) >= 11 is 0. The highest BCUT2D eigenvalue weighted by Crippen LogP contribution is 2.23. The molecule has 0 aromatic heterocycles. The van der Waals surface area contributed by atoms with Crippen LogP contribution < -0.4 is 4.74 Å². The summed E-state index contributed by atoms with van der Waals surface area (Å²) in [7, 11) is 3.38. The summed E-state index contributed by atoms with van der Waals surface area (Å²) in [5.41, 5.74) is 2.40. The van der Waals surface area contributed by atoms with Crippen molar-refractivity contribution in [1.82, 2.24) is 9.91 Å². The van der Waals surface area contributed by atoms with Gasteiger partial charge >= 0.3 is 0 Å². The fourth-order valence-corrected chi connectivity index (χ4v) is 3.12. The molecule has 1 aliphatic heterocycles. The highest BCUT2D eigenvalue weighted by molar-refractivity contribution is 6.39. The Balaban J connectivity index is 1.73. The molecule has 2 aromatic carbocycles. The minimum atomic E-state index is -0.158. The number of nitrogens with zero attached hydrogens (tertiary/aromatic N) is 3. The van der Waals surface area contributed by atoms with Crippen molar-refractivity contribution in [3.8, 4) is 5.75 Å². The van der Waals surface area contributed by atoms with E-state index in [0.29, 0.717) is 25.1 Å². The third-order valence-electron chi connectivity index (χ3n) is 5.03. The number of benzene rings is 2. The highest BCUT2D eigenvalue weighted by Gasteiger charge is 2.28. The second kappa shape index (κ2) is 8.69. The van der Waals surface area contributed by atoms with E-state index in [1.807, 2.05) is 61.5 Å². The van der Waals surface area contributed by atoms with Crippen molar-refractivity contribution >= 4 is 17.5 Å². The molecule has 0 saturated heterocycles. The minimum Gasteiger partial charge on any atom is -0.497 e. The Morgan fingerprint density at radius 3 is 2.46 bits per heavy atom. The summed E-state index contributed by atoms with van der Waals surface area (Å²) < 4.78 is 5.19. The predicted octanol–water partition coefficient (Wildman–Crippen LogP) is 3.39. The van der Waals surface area contributed by atoms with E-state index in [1.165, 1.54) is 5.01 Å². The van der Waals surface area contributed by atoms with Crippen LogP contribution in [0, 0.1) is 0 Å². The van der Waals surface area contributed by atoms with Crippen LogP contribution in [0.3, 0.4) is 0 Å². The summed E-state index contributed by atoms with van der Waals surface area (Å²) in [4.78, 5) is 26.9. The van der Waals surface area contributed by atoms with Gasteiger partial charge in [0, 0.05) is 19.9 Å². The maximum absolute atomic E-state index is 13.0. The molecule has 0 N–H and O–H groups in total. The Kier molecular flexibility index (Phi) is 6.09. The van der Waals surface area contributed by atoms with Crippen molar-refractivity contribution in [1.29, 1.82) is 0 Å². The molecule has 1 heterocycles. The molecule has 0 fully saturated rings. The molecule has 0 radical (unpaired) electrons. The van der Waals surface area contributed by atoms with Crippen LogP contribution in [0.4, 0.5) is 0 Å². The van der Waals surface area contributed by atoms with Crippen LogP contribution in [0.15, 0.2) is 59.7 Å². The number of carbonyl (C=O) groups excluding carboxylic acids is 2. The van der Waals surface area contributed by atoms with E-state index >= 15 is 0 Å². The van der Waals surface area contributed by atoms with Crippen LogP contribution in [-0.2, 0) is 16.1 Å². The van der Waals surface area contributed by atoms with Gasteiger partial charge in [-0.1, -0.05) is 42.5 Å². The van der Waals surface area contributed by atoms with Gasteiger partial charge < -0.3 is 9.64 Å². The first kappa shape index (κ1) is 19.6. The van der Waals surface area contributed by atoms with Crippen molar-refractivity contribution in [2.45, 2.75) is 32.4 Å². The summed E-state index contributed by atoms with van der Waals surface area (Å²) in [5, 5.41) is 5.77. The number of carbonyl (C=O) groups is 2. The van der Waals surface area contributed by atoms with E-state index in [1.54, 1.807) is 19.1 Å². The van der Waals surface area contributed by atoms with Gasteiger partial charge in [-0.2, -0.15) is 5.10 Å². The van der Waals surface area contributed by atoms with Crippen LogP contribution in [0.5, 0.6) is 5.75 Å². The van der Waals surface area contributed by atoms with Gasteiger partial charge in [0.25, 0.3) is 5.91 Å². The van der Waals surface area contributed by atoms with Gasteiger partial charge in [0.1, 0.15) is 11.5 Å². The quantitative estimate of drug-likeness (QED) is 0.773. The molecule has 1 atom stereocenters. The van der Waals surface area contributed by atoms with Crippen molar-refractivity contribution in [3.63, 3.8) is 0 Å². The maximum atomic E-state index is 13.0. The van der Waals surface area contributed by atoms with Gasteiger partial charge in [0.05, 0.1) is 19.7 Å². The minimum absolute atomic E-state index is 0.0636. The number of ether oxygens (including phenoxy) is 1. The Morgan fingerprint density at radius 2 is 1.82 bits per heavy atom. The third-order valence-corrected chi connectivity index (χ3v) is 5.03. The molecular weight excluding hydrogens is 354 g/mol. The van der Waals surface area contributed by atoms with Crippen molar-refractivity contribution in [2.75, 3.05) is 14.2 Å². The summed E-state index contributed by atoms with van der Waals surface area (Å²) in [6.45, 7) is 2.34. The Morgan fingerprint density at radius 1 is 1.14 bits per heavy atom. The molecule has 0 aliphatic carbocycles. The SMILES string of the molecule is COc1ccc([C@H](C)N(C)C(=O)C2=NN(Cc3ccccc3)C(=O)CC2)cc1. The van der Waals surface area contributed by atoms with Gasteiger partial charge in [-0.15, -0.1) is 0 Å². The van der Waals surface area contributed by atoms with Crippen molar-refractivity contribution in [2.24, 2.45) is 5.10 Å². The standard InChI is InChI=1S/C22H25N3O3/c1-16(18-9-11-19(28-3)12-10-18)24(2)22(27)20-13-14-21(26)25(23-20)15-17-7-5-4-6-8-17/h4-12,16H,13-15H2,1-3H3/t16-/m0/s1. The lowest BCUT2D eigenvalue weighted by molar-refractivity contribution is -0.132. The molecule has 146 valence electrons. The average molecular weight is 379 g/mol. The number of rotatable bonds is 6. The highest BCUT2D eigenvalue weighted by atomic mass is 16.5. The molecule has 0 spiro atoms. The zero-order valence-electron chi connectivity index (χ0n) is 16.5. The predicted molar refractivity (Wildman–Crippen MR) is 108 cm³/mol. The molecule has 28 heavy (non-hydrogen) atoms. The molecule has 2 amide bonds. The smallest absolute Gasteiger partial charge is 0.270 e. The van der Waals surface area contributed by atoms with Crippen molar-refractivity contribution < 1.29 is 14.3 Å². The summed E-state index contributed by atoms with van der Waals surface area (Å²) in [6.07, 6.45) is 0.658. The number of hydrazone groups is 1. The topological polar surface area (TPSA) is 62.2 Å². The van der Waals surface area contributed by atoms with E-state index in [9.17, 15) is 9.59 Å². The van der Waals surface area contributed by atoms with Gasteiger partial charge in [-0.3, -0.25) is 9.59 Å². The lowest BCUT2D eigenvalue weighted by atomic mass is 10.1. The number of amides is 2. The van der Waals surface area contributed by atoms with Crippen LogP contribution in [0.2, 0.25) is 0 Å². The first-order valence-electron chi connectivity index (χ1n) is 9.32.